The Morgan fingerprint density at radius 3 is 2.62 bits per heavy atom. The number of nitrogens with zero attached hydrogens (tertiary/aromatic N) is 3. The molecule has 2 aromatic carbocycles. The molecule has 0 bridgehead atoms. The fourth-order valence-electron chi connectivity index (χ4n) is 3.10. The summed E-state index contributed by atoms with van der Waals surface area (Å²) in [7, 11) is 0. The molecule has 3 aromatic rings. The monoisotopic (exact) mass is 394 g/mol. The summed E-state index contributed by atoms with van der Waals surface area (Å²) in [5.74, 6) is 0.0891. The molecule has 7 nitrogen and oxygen atoms in total. The molecule has 1 amide bonds. The van der Waals surface area contributed by atoms with E-state index in [1.807, 2.05) is 37.3 Å². The van der Waals surface area contributed by atoms with Gasteiger partial charge >= 0.3 is 0 Å². The average Bonchev–Trinajstić information content (AvgIpc) is 3.36. The van der Waals surface area contributed by atoms with Crippen molar-refractivity contribution in [3.63, 3.8) is 0 Å². The lowest BCUT2D eigenvalue weighted by Gasteiger charge is -2.14. The minimum atomic E-state index is -0.738. The number of halogens is 1. The van der Waals surface area contributed by atoms with Crippen LogP contribution in [0.2, 0.25) is 0 Å². The molecule has 2 heterocycles. The molecule has 4 rings (SSSR count). The third-order valence-electron chi connectivity index (χ3n) is 4.69. The normalized spacial score (nSPS) is 18.2. The number of carbonyl (C=O) groups excluding carboxylic acids is 1. The van der Waals surface area contributed by atoms with Crippen molar-refractivity contribution in [1.29, 1.82) is 0 Å². The van der Waals surface area contributed by atoms with Gasteiger partial charge in [0, 0.05) is 18.5 Å². The Morgan fingerprint density at radius 2 is 1.86 bits per heavy atom. The number of oxime groups is 1. The first kappa shape index (κ1) is 18.8. The third-order valence-corrected chi connectivity index (χ3v) is 4.69. The van der Waals surface area contributed by atoms with Gasteiger partial charge in [-0.05, 0) is 17.7 Å². The second kappa shape index (κ2) is 8.22. The van der Waals surface area contributed by atoms with Gasteiger partial charge in [-0.15, -0.1) is 0 Å². The van der Waals surface area contributed by atoms with Crippen molar-refractivity contribution < 1.29 is 18.5 Å². The van der Waals surface area contributed by atoms with E-state index >= 15 is 0 Å². The Labute approximate surface area is 166 Å². The quantitative estimate of drug-likeness (QED) is 0.694. The molecule has 0 fully saturated rings. The zero-order valence-corrected chi connectivity index (χ0v) is 15.7. The van der Waals surface area contributed by atoms with E-state index in [0.29, 0.717) is 30.4 Å². The van der Waals surface area contributed by atoms with Gasteiger partial charge in [0.1, 0.15) is 5.82 Å². The van der Waals surface area contributed by atoms with E-state index in [4.69, 9.17) is 9.36 Å². The molecular formula is C21H19FN4O3. The van der Waals surface area contributed by atoms with Crippen LogP contribution in [-0.4, -0.2) is 34.4 Å². The molecule has 1 aromatic heterocycles. The molecule has 1 N–H and O–H groups in total. The van der Waals surface area contributed by atoms with Crippen molar-refractivity contribution in [3.8, 4) is 11.4 Å². The summed E-state index contributed by atoms with van der Waals surface area (Å²) in [5, 5.41) is 10.8. The van der Waals surface area contributed by atoms with E-state index in [9.17, 15) is 9.18 Å². The third kappa shape index (κ3) is 4.16. The molecule has 0 aliphatic carbocycles. The lowest BCUT2D eigenvalue weighted by atomic mass is 9.94. The van der Waals surface area contributed by atoms with Crippen LogP contribution in [0.1, 0.15) is 18.4 Å². The molecule has 8 heteroatoms. The van der Waals surface area contributed by atoms with E-state index < -0.39 is 6.10 Å². The van der Waals surface area contributed by atoms with Crippen LogP contribution in [0.15, 0.2) is 64.3 Å². The molecule has 0 spiro atoms. The molecule has 0 saturated carbocycles. The standard InChI is InChI=1S/C21H19FN4O3/c1-13-18(14-7-9-16(22)10-8-14)25-29-19(13)21(27)23-12-11-17-24-20(26-28-17)15-5-3-2-4-6-15/h2-10,13,19H,11-12H2,1H3,(H,23,27)/t13-,19+/m0/s1. The summed E-state index contributed by atoms with van der Waals surface area (Å²) in [6.07, 6.45) is -0.337. The Bertz CT molecular complexity index is 1020. The minimum Gasteiger partial charge on any atom is -0.381 e. The van der Waals surface area contributed by atoms with E-state index in [0.717, 1.165) is 11.1 Å². The van der Waals surface area contributed by atoms with Crippen LogP contribution in [0.25, 0.3) is 11.4 Å². The number of rotatable bonds is 6. The molecule has 0 radical (unpaired) electrons. The largest absolute Gasteiger partial charge is 0.381 e. The number of hydrogen-bond donors (Lipinski definition) is 1. The van der Waals surface area contributed by atoms with Gasteiger partial charge in [0.05, 0.1) is 11.6 Å². The second-order valence-corrected chi connectivity index (χ2v) is 6.72. The highest BCUT2D eigenvalue weighted by Crippen LogP contribution is 2.23. The van der Waals surface area contributed by atoms with E-state index in [-0.39, 0.29) is 17.6 Å². The summed E-state index contributed by atoms with van der Waals surface area (Å²) in [4.78, 5) is 22.1. The van der Waals surface area contributed by atoms with Crippen molar-refractivity contribution in [2.24, 2.45) is 11.1 Å². The minimum absolute atomic E-state index is 0.256. The molecule has 2 atom stereocenters. The Morgan fingerprint density at radius 1 is 1.10 bits per heavy atom. The molecule has 1 aliphatic rings. The first-order valence-electron chi connectivity index (χ1n) is 9.27. The molecule has 1 aliphatic heterocycles. The first-order valence-corrected chi connectivity index (χ1v) is 9.27. The molecule has 0 unspecified atom stereocenters. The van der Waals surface area contributed by atoms with Crippen LogP contribution < -0.4 is 5.32 Å². The lowest BCUT2D eigenvalue weighted by Crippen LogP contribution is -2.40. The summed E-state index contributed by atoms with van der Waals surface area (Å²) in [5.41, 5.74) is 2.22. The van der Waals surface area contributed by atoms with Gasteiger partial charge in [-0.1, -0.05) is 59.7 Å². The maximum absolute atomic E-state index is 13.1. The Kier molecular flexibility index (Phi) is 5.33. The van der Waals surface area contributed by atoms with Crippen LogP contribution in [0.5, 0.6) is 0 Å². The number of amides is 1. The highest BCUT2D eigenvalue weighted by Gasteiger charge is 2.36. The SMILES string of the molecule is C[C@H]1C(c2ccc(F)cc2)=NO[C@H]1C(=O)NCCc1nc(-c2ccccc2)no1. The van der Waals surface area contributed by atoms with Gasteiger partial charge in [0.25, 0.3) is 5.91 Å². The van der Waals surface area contributed by atoms with Crippen LogP contribution in [-0.2, 0) is 16.1 Å². The van der Waals surface area contributed by atoms with Crippen LogP contribution >= 0.6 is 0 Å². The molecule has 29 heavy (non-hydrogen) atoms. The number of aromatic nitrogens is 2. The fourth-order valence-corrected chi connectivity index (χ4v) is 3.10. The van der Waals surface area contributed by atoms with Gasteiger partial charge in [0.2, 0.25) is 17.8 Å². The van der Waals surface area contributed by atoms with Crippen LogP contribution in [0.4, 0.5) is 4.39 Å². The number of carbonyl (C=O) groups is 1. The zero-order chi connectivity index (χ0) is 20.2. The first-order chi connectivity index (χ1) is 14.1. The predicted molar refractivity (Wildman–Crippen MR) is 103 cm³/mol. The van der Waals surface area contributed by atoms with Crippen molar-refractivity contribution in [1.82, 2.24) is 15.5 Å². The Balaban J connectivity index is 1.29. The maximum atomic E-state index is 13.1. The van der Waals surface area contributed by atoms with E-state index in [2.05, 4.69) is 20.6 Å². The highest BCUT2D eigenvalue weighted by molar-refractivity contribution is 6.05. The lowest BCUT2D eigenvalue weighted by molar-refractivity contribution is -0.132. The van der Waals surface area contributed by atoms with Gasteiger partial charge < -0.3 is 14.7 Å². The van der Waals surface area contributed by atoms with Crippen molar-refractivity contribution in [2.45, 2.75) is 19.4 Å². The van der Waals surface area contributed by atoms with Gasteiger partial charge in [-0.2, -0.15) is 4.98 Å². The summed E-state index contributed by atoms with van der Waals surface area (Å²) in [6, 6.07) is 15.5. The number of nitrogens with one attached hydrogen (secondary N) is 1. The van der Waals surface area contributed by atoms with E-state index in [1.165, 1.54) is 12.1 Å². The highest BCUT2D eigenvalue weighted by atomic mass is 19.1. The molecule has 0 saturated heterocycles. The van der Waals surface area contributed by atoms with Gasteiger partial charge in [0.15, 0.2) is 0 Å². The van der Waals surface area contributed by atoms with E-state index in [1.54, 1.807) is 12.1 Å². The van der Waals surface area contributed by atoms with Crippen molar-refractivity contribution in [2.75, 3.05) is 6.54 Å². The van der Waals surface area contributed by atoms with Crippen LogP contribution in [0, 0.1) is 11.7 Å². The summed E-state index contributed by atoms with van der Waals surface area (Å²) < 4.78 is 18.3. The number of hydrogen-bond acceptors (Lipinski definition) is 6. The molecular weight excluding hydrogens is 375 g/mol. The molecule has 148 valence electrons. The van der Waals surface area contributed by atoms with Gasteiger partial charge in [-0.25, -0.2) is 4.39 Å². The van der Waals surface area contributed by atoms with Crippen molar-refractivity contribution >= 4 is 11.6 Å². The fraction of sp³-hybridized carbons (Fsp3) is 0.238. The zero-order valence-electron chi connectivity index (χ0n) is 15.7. The maximum Gasteiger partial charge on any atom is 0.264 e. The van der Waals surface area contributed by atoms with Crippen LogP contribution in [0.3, 0.4) is 0 Å². The average molecular weight is 394 g/mol. The predicted octanol–water partition coefficient (Wildman–Crippen LogP) is 2.97. The smallest absolute Gasteiger partial charge is 0.264 e. The topological polar surface area (TPSA) is 89.6 Å². The second-order valence-electron chi connectivity index (χ2n) is 6.72. The summed E-state index contributed by atoms with van der Waals surface area (Å²) >= 11 is 0. The Hall–Kier alpha value is -3.55. The van der Waals surface area contributed by atoms with Gasteiger partial charge in [-0.3, -0.25) is 4.79 Å². The number of benzene rings is 2. The van der Waals surface area contributed by atoms with Crippen molar-refractivity contribution in [3.05, 3.63) is 71.9 Å². The summed E-state index contributed by atoms with van der Waals surface area (Å²) in [6.45, 7) is 2.18.